The van der Waals surface area contributed by atoms with Crippen LogP contribution in [0.5, 0.6) is 0 Å². The van der Waals surface area contributed by atoms with Crippen molar-refractivity contribution >= 4 is 23.6 Å². The van der Waals surface area contributed by atoms with Crippen LogP contribution in [0.15, 0.2) is 11.5 Å². The third kappa shape index (κ3) is 4.88. The largest absolute Gasteiger partial charge is 0.481 e. The molecule has 1 unspecified atom stereocenters. The maximum absolute atomic E-state index is 11.3. The number of thioether (sulfide) groups is 1. The molecular weight excluding hydrogens is 214 g/mol. The van der Waals surface area contributed by atoms with Gasteiger partial charge in [-0.25, -0.2) is 0 Å². The molecule has 2 N–H and O–H groups in total. The molecule has 4 nitrogen and oxygen atoms in total. The molecule has 1 rings (SSSR count). The standard InChI is InChI=1S/C10H15NO3S/c1-15-5-4-9(12)11-8(6-10(13)14)7-2-3-7/h4-5,7-8H,2-3,6H2,1H3,(H,11,12)(H,13,14)/b5-4+. The monoisotopic (exact) mass is 229 g/mol. The number of hydrogen-bond acceptors (Lipinski definition) is 3. The van der Waals surface area contributed by atoms with E-state index < -0.39 is 5.97 Å². The SMILES string of the molecule is CS/C=C/C(=O)NC(CC(=O)O)C1CC1. The lowest BCUT2D eigenvalue weighted by Gasteiger charge is -2.14. The van der Waals surface area contributed by atoms with Crippen LogP contribution in [-0.2, 0) is 9.59 Å². The number of carboxylic acids is 1. The van der Waals surface area contributed by atoms with Crippen LogP contribution in [-0.4, -0.2) is 29.3 Å². The van der Waals surface area contributed by atoms with E-state index >= 15 is 0 Å². The Morgan fingerprint density at radius 1 is 1.60 bits per heavy atom. The van der Waals surface area contributed by atoms with Crippen molar-refractivity contribution in [2.45, 2.75) is 25.3 Å². The van der Waals surface area contributed by atoms with E-state index in [0.717, 1.165) is 12.8 Å². The van der Waals surface area contributed by atoms with Crippen LogP contribution in [0, 0.1) is 5.92 Å². The van der Waals surface area contributed by atoms with Gasteiger partial charge in [0.15, 0.2) is 0 Å². The first-order valence-electron chi connectivity index (χ1n) is 4.85. The normalized spacial score (nSPS) is 17.7. The van der Waals surface area contributed by atoms with Crippen molar-refractivity contribution in [3.63, 3.8) is 0 Å². The Hall–Kier alpha value is -0.970. The summed E-state index contributed by atoms with van der Waals surface area (Å²) >= 11 is 1.44. The predicted molar refractivity (Wildman–Crippen MR) is 59.6 cm³/mol. The summed E-state index contributed by atoms with van der Waals surface area (Å²) in [6, 6.07) is -0.207. The van der Waals surface area contributed by atoms with Gasteiger partial charge < -0.3 is 10.4 Å². The van der Waals surface area contributed by atoms with Gasteiger partial charge in [-0.1, -0.05) is 0 Å². The van der Waals surface area contributed by atoms with E-state index in [9.17, 15) is 9.59 Å². The van der Waals surface area contributed by atoms with Crippen molar-refractivity contribution < 1.29 is 14.7 Å². The maximum Gasteiger partial charge on any atom is 0.305 e. The Kier molecular flexibility index (Phi) is 4.68. The fourth-order valence-corrected chi connectivity index (χ4v) is 1.64. The Morgan fingerprint density at radius 2 is 2.27 bits per heavy atom. The Morgan fingerprint density at radius 3 is 2.73 bits per heavy atom. The van der Waals surface area contributed by atoms with Crippen molar-refractivity contribution in [1.82, 2.24) is 5.32 Å². The molecule has 0 bridgehead atoms. The zero-order valence-electron chi connectivity index (χ0n) is 8.60. The first-order valence-corrected chi connectivity index (χ1v) is 6.14. The summed E-state index contributed by atoms with van der Waals surface area (Å²) in [5, 5.41) is 13.1. The minimum atomic E-state index is -0.860. The van der Waals surface area contributed by atoms with Gasteiger partial charge in [-0.05, 0) is 30.4 Å². The summed E-state index contributed by atoms with van der Waals surface area (Å²) in [7, 11) is 0. The molecule has 1 aliphatic rings. The van der Waals surface area contributed by atoms with Gasteiger partial charge in [-0.3, -0.25) is 9.59 Å². The molecule has 0 aromatic carbocycles. The molecule has 0 spiro atoms. The molecule has 0 aliphatic heterocycles. The molecule has 1 fully saturated rings. The smallest absolute Gasteiger partial charge is 0.305 e. The van der Waals surface area contributed by atoms with E-state index in [1.165, 1.54) is 17.8 Å². The van der Waals surface area contributed by atoms with Gasteiger partial charge in [0, 0.05) is 12.1 Å². The molecule has 84 valence electrons. The Bertz CT molecular complexity index is 274. The van der Waals surface area contributed by atoms with Crippen LogP contribution < -0.4 is 5.32 Å². The highest BCUT2D eigenvalue weighted by molar-refractivity contribution is 8.01. The van der Waals surface area contributed by atoms with Gasteiger partial charge in [0.1, 0.15) is 0 Å². The van der Waals surface area contributed by atoms with E-state index in [2.05, 4.69) is 5.32 Å². The van der Waals surface area contributed by atoms with Crippen molar-refractivity contribution in [2.24, 2.45) is 5.92 Å². The maximum atomic E-state index is 11.3. The van der Waals surface area contributed by atoms with Gasteiger partial charge >= 0.3 is 5.97 Å². The van der Waals surface area contributed by atoms with E-state index in [-0.39, 0.29) is 18.4 Å². The van der Waals surface area contributed by atoms with Crippen LogP contribution in [0.3, 0.4) is 0 Å². The minimum Gasteiger partial charge on any atom is -0.481 e. The summed E-state index contributed by atoms with van der Waals surface area (Å²) in [6.07, 6.45) is 5.35. The number of carbonyl (C=O) groups is 2. The van der Waals surface area contributed by atoms with Crippen LogP contribution in [0.1, 0.15) is 19.3 Å². The molecule has 0 aromatic rings. The topological polar surface area (TPSA) is 66.4 Å². The average Bonchev–Trinajstić information content (AvgIpc) is 2.96. The number of rotatable bonds is 6. The lowest BCUT2D eigenvalue weighted by atomic mass is 10.1. The van der Waals surface area contributed by atoms with Gasteiger partial charge in [0.05, 0.1) is 6.42 Å². The number of aliphatic carboxylic acids is 1. The molecule has 15 heavy (non-hydrogen) atoms. The number of hydrogen-bond donors (Lipinski definition) is 2. The van der Waals surface area contributed by atoms with E-state index in [4.69, 9.17) is 5.11 Å². The van der Waals surface area contributed by atoms with Gasteiger partial charge in [-0.15, -0.1) is 11.8 Å². The van der Waals surface area contributed by atoms with Crippen LogP contribution >= 0.6 is 11.8 Å². The van der Waals surface area contributed by atoms with Gasteiger partial charge in [-0.2, -0.15) is 0 Å². The first-order chi connectivity index (χ1) is 7.13. The minimum absolute atomic E-state index is 0.0174. The van der Waals surface area contributed by atoms with E-state index in [0.29, 0.717) is 5.92 Å². The fourth-order valence-electron chi connectivity index (χ4n) is 1.38. The number of carbonyl (C=O) groups excluding carboxylic acids is 1. The molecule has 0 heterocycles. The lowest BCUT2D eigenvalue weighted by molar-refractivity contribution is -0.137. The zero-order valence-corrected chi connectivity index (χ0v) is 9.42. The first kappa shape index (κ1) is 12.1. The second kappa shape index (κ2) is 5.80. The summed E-state index contributed by atoms with van der Waals surface area (Å²) in [5.74, 6) is -0.712. The van der Waals surface area contributed by atoms with Gasteiger partial charge in [0.25, 0.3) is 0 Å². The number of carboxylic acid groups (broad SMARTS) is 1. The highest BCUT2D eigenvalue weighted by Crippen LogP contribution is 2.33. The molecular formula is C10H15NO3S. The average molecular weight is 229 g/mol. The second-order valence-corrected chi connectivity index (χ2v) is 4.33. The molecule has 1 amide bonds. The van der Waals surface area contributed by atoms with Crippen LogP contribution in [0.2, 0.25) is 0 Å². The molecule has 0 radical (unpaired) electrons. The molecule has 1 aliphatic carbocycles. The Balaban J connectivity index is 2.40. The fraction of sp³-hybridized carbons (Fsp3) is 0.600. The Labute approximate surface area is 93.1 Å². The van der Waals surface area contributed by atoms with Crippen molar-refractivity contribution in [3.05, 3.63) is 11.5 Å². The second-order valence-electron chi connectivity index (χ2n) is 3.59. The summed E-state index contributed by atoms with van der Waals surface area (Å²) in [5.41, 5.74) is 0. The highest BCUT2D eigenvalue weighted by Gasteiger charge is 2.33. The third-order valence-electron chi connectivity index (χ3n) is 2.27. The molecule has 1 atom stereocenters. The number of amides is 1. The van der Waals surface area contributed by atoms with Crippen LogP contribution in [0.4, 0.5) is 0 Å². The van der Waals surface area contributed by atoms with Crippen molar-refractivity contribution in [1.29, 1.82) is 0 Å². The number of nitrogens with one attached hydrogen (secondary N) is 1. The van der Waals surface area contributed by atoms with Crippen molar-refractivity contribution in [2.75, 3.05) is 6.26 Å². The molecule has 5 heteroatoms. The molecule has 0 saturated heterocycles. The summed E-state index contributed by atoms with van der Waals surface area (Å²) in [4.78, 5) is 21.9. The highest BCUT2D eigenvalue weighted by atomic mass is 32.2. The van der Waals surface area contributed by atoms with E-state index in [1.807, 2.05) is 6.26 Å². The predicted octanol–water partition coefficient (Wildman–Crippen LogP) is 1.23. The summed E-state index contributed by atoms with van der Waals surface area (Å²) < 4.78 is 0. The van der Waals surface area contributed by atoms with Crippen LogP contribution in [0.25, 0.3) is 0 Å². The lowest BCUT2D eigenvalue weighted by Crippen LogP contribution is -2.37. The third-order valence-corrected chi connectivity index (χ3v) is 2.68. The summed E-state index contributed by atoms with van der Waals surface area (Å²) in [6.45, 7) is 0. The van der Waals surface area contributed by atoms with E-state index in [1.54, 1.807) is 5.41 Å². The van der Waals surface area contributed by atoms with Gasteiger partial charge in [0.2, 0.25) is 5.91 Å². The molecule has 1 saturated carbocycles. The quantitative estimate of drug-likeness (QED) is 0.672. The van der Waals surface area contributed by atoms with Crippen molar-refractivity contribution in [3.8, 4) is 0 Å². The molecule has 0 aromatic heterocycles. The zero-order chi connectivity index (χ0) is 11.3.